The van der Waals surface area contributed by atoms with E-state index in [0.29, 0.717) is 39.6 Å². The van der Waals surface area contributed by atoms with Crippen LogP contribution in [0, 0.1) is 0 Å². The average Bonchev–Trinajstić information content (AvgIpc) is 3.16. The summed E-state index contributed by atoms with van der Waals surface area (Å²) in [6.07, 6.45) is 0. The normalized spacial score (nSPS) is 24.1. The highest BCUT2D eigenvalue weighted by Gasteiger charge is 2.17. The predicted molar refractivity (Wildman–Crippen MR) is 119 cm³/mol. The van der Waals surface area contributed by atoms with E-state index in [0.717, 1.165) is 72.7 Å². The van der Waals surface area contributed by atoms with Gasteiger partial charge in [0, 0.05) is 50.0 Å². The molecule has 3 aliphatic rings. The number of hydrogen-bond acceptors (Lipinski definition) is 7. The molecule has 0 aliphatic carbocycles. The van der Waals surface area contributed by atoms with Gasteiger partial charge in [0.2, 0.25) is 0 Å². The minimum atomic E-state index is 0.577. The molecule has 0 saturated carbocycles. The lowest BCUT2D eigenvalue weighted by Crippen LogP contribution is -2.38. The van der Waals surface area contributed by atoms with Gasteiger partial charge in [-0.3, -0.25) is 9.80 Å². The third-order valence-corrected chi connectivity index (χ3v) is 5.99. The van der Waals surface area contributed by atoms with E-state index >= 15 is 0 Å². The van der Waals surface area contributed by atoms with Crippen LogP contribution < -0.4 is 9.47 Å². The second-order valence-corrected chi connectivity index (χ2v) is 7.97. The van der Waals surface area contributed by atoms with Crippen molar-refractivity contribution >= 4 is 21.9 Å². The Bertz CT molecular complexity index is 914. The first-order chi connectivity index (χ1) is 15.4. The fourth-order valence-corrected chi connectivity index (χ4v) is 4.21. The van der Waals surface area contributed by atoms with Crippen molar-refractivity contribution < 1.29 is 23.4 Å². The number of fused-ring (bicyclic) bond motifs is 13. The standard InChI is InChI=1S/C24H30N2O5/c1-3-19-20-4-2-6-22-24(20)31-23(19)21(5-1)29-17-11-25-7-13-27-15-9-26(12-18-30-22)10-16-28-14-8-25/h1-6H,7-18H2. The zero-order chi connectivity index (χ0) is 20.9. The maximum absolute atomic E-state index is 6.28. The Morgan fingerprint density at radius 2 is 0.935 bits per heavy atom. The predicted octanol–water partition coefficient (Wildman–Crippen LogP) is 3.01. The molecule has 4 bridgehead atoms. The molecule has 6 rings (SSSR count). The highest BCUT2D eigenvalue weighted by atomic mass is 16.5. The zero-order valence-corrected chi connectivity index (χ0v) is 17.9. The van der Waals surface area contributed by atoms with Crippen LogP contribution in [0.15, 0.2) is 40.8 Å². The highest BCUT2D eigenvalue weighted by Crippen LogP contribution is 2.38. The number of hydrogen-bond donors (Lipinski definition) is 0. The van der Waals surface area contributed by atoms with Gasteiger partial charge in [-0.1, -0.05) is 24.3 Å². The van der Waals surface area contributed by atoms with Crippen LogP contribution in [0.2, 0.25) is 0 Å². The maximum atomic E-state index is 6.28. The quantitative estimate of drug-likeness (QED) is 0.548. The van der Waals surface area contributed by atoms with Crippen molar-refractivity contribution in [3.05, 3.63) is 36.4 Å². The molecule has 0 amide bonds. The van der Waals surface area contributed by atoms with E-state index in [1.807, 2.05) is 24.3 Å². The molecule has 7 heteroatoms. The maximum Gasteiger partial charge on any atom is 0.177 e. The molecule has 2 aromatic carbocycles. The van der Waals surface area contributed by atoms with Gasteiger partial charge in [0.15, 0.2) is 22.7 Å². The van der Waals surface area contributed by atoms with Gasteiger partial charge in [-0.15, -0.1) is 0 Å². The molecule has 0 spiro atoms. The lowest BCUT2D eigenvalue weighted by atomic mass is 10.1. The molecule has 0 N–H and O–H groups in total. The number of para-hydroxylation sites is 2. The number of ether oxygens (including phenoxy) is 4. The Labute approximate surface area is 182 Å². The molecule has 1 saturated heterocycles. The molecular weight excluding hydrogens is 396 g/mol. The van der Waals surface area contributed by atoms with Crippen molar-refractivity contribution in [1.82, 2.24) is 9.80 Å². The lowest BCUT2D eigenvalue weighted by molar-refractivity contribution is 0.0323. The van der Waals surface area contributed by atoms with Crippen molar-refractivity contribution in [2.75, 3.05) is 78.9 Å². The van der Waals surface area contributed by atoms with Gasteiger partial charge >= 0.3 is 0 Å². The van der Waals surface area contributed by atoms with E-state index in [1.54, 1.807) is 0 Å². The second kappa shape index (κ2) is 9.87. The van der Waals surface area contributed by atoms with Gasteiger partial charge in [0.1, 0.15) is 13.2 Å². The van der Waals surface area contributed by atoms with Crippen LogP contribution >= 0.6 is 0 Å². The van der Waals surface area contributed by atoms with Crippen molar-refractivity contribution in [3.8, 4) is 11.5 Å². The molecule has 1 aromatic heterocycles. The summed E-state index contributed by atoms with van der Waals surface area (Å²) >= 11 is 0. The van der Waals surface area contributed by atoms with E-state index in [-0.39, 0.29) is 0 Å². The van der Waals surface area contributed by atoms with E-state index < -0.39 is 0 Å². The van der Waals surface area contributed by atoms with Crippen LogP contribution in [0.3, 0.4) is 0 Å². The molecular formula is C24H30N2O5. The van der Waals surface area contributed by atoms with Crippen molar-refractivity contribution in [2.24, 2.45) is 0 Å². The summed E-state index contributed by atoms with van der Waals surface area (Å²) in [5, 5.41) is 2.10. The highest BCUT2D eigenvalue weighted by molar-refractivity contribution is 6.08. The molecule has 1 fully saturated rings. The molecule has 166 valence electrons. The third kappa shape index (κ3) is 4.80. The molecule has 0 atom stereocenters. The second-order valence-electron chi connectivity index (χ2n) is 7.97. The molecule has 0 unspecified atom stereocenters. The Morgan fingerprint density at radius 3 is 1.39 bits per heavy atom. The van der Waals surface area contributed by atoms with Crippen LogP contribution in [0.1, 0.15) is 0 Å². The fraction of sp³-hybridized carbons (Fsp3) is 0.500. The third-order valence-electron chi connectivity index (χ3n) is 5.99. The van der Waals surface area contributed by atoms with Gasteiger partial charge < -0.3 is 23.4 Å². The van der Waals surface area contributed by atoms with Gasteiger partial charge in [-0.05, 0) is 12.1 Å². The van der Waals surface area contributed by atoms with Crippen LogP contribution in [-0.4, -0.2) is 88.7 Å². The van der Waals surface area contributed by atoms with Gasteiger partial charge in [0.25, 0.3) is 0 Å². The largest absolute Gasteiger partial charge is 0.488 e. The summed E-state index contributed by atoms with van der Waals surface area (Å²) in [5.74, 6) is 1.53. The van der Waals surface area contributed by atoms with E-state index in [1.165, 1.54) is 0 Å². The number of benzene rings is 2. The van der Waals surface area contributed by atoms with Gasteiger partial charge in [0.05, 0.1) is 26.4 Å². The van der Waals surface area contributed by atoms with Crippen molar-refractivity contribution in [1.29, 1.82) is 0 Å². The van der Waals surface area contributed by atoms with Crippen LogP contribution in [0.4, 0.5) is 0 Å². The first kappa shape index (κ1) is 20.6. The summed E-state index contributed by atoms with van der Waals surface area (Å²) in [5.41, 5.74) is 1.55. The van der Waals surface area contributed by atoms with Crippen LogP contribution in [0.25, 0.3) is 21.9 Å². The topological polar surface area (TPSA) is 56.5 Å². The molecule has 7 nitrogen and oxygen atoms in total. The summed E-state index contributed by atoms with van der Waals surface area (Å²) < 4.78 is 30.4. The molecule has 3 aliphatic heterocycles. The summed E-state index contributed by atoms with van der Waals surface area (Å²) in [6.45, 7) is 9.10. The number of rotatable bonds is 0. The monoisotopic (exact) mass is 426 g/mol. The smallest absolute Gasteiger partial charge is 0.177 e. The van der Waals surface area contributed by atoms with E-state index in [4.69, 9.17) is 23.4 Å². The molecule has 31 heavy (non-hydrogen) atoms. The Kier molecular flexibility index (Phi) is 6.55. The zero-order valence-electron chi connectivity index (χ0n) is 17.9. The first-order valence-electron chi connectivity index (χ1n) is 11.2. The number of nitrogens with zero attached hydrogens (tertiary/aromatic N) is 2. The Hall–Kier alpha value is -2.32. The summed E-state index contributed by atoms with van der Waals surface area (Å²) in [4.78, 5) is 4.68. The van der Waals surface area contributed by atoms with E-state index in [9.17, 15) is 0 Å². The van der Waals surface area contributed by atoms with Crippen LogP contribution in [0.5, 0.6) is 11.5 Å². The van der Waals surface area contributed by atoms with Crippen molar-refractivity contribution in [2.45, 2.75) is 0 Å². The molecule has 4 heterocycles. The van der Waals surface area contributed by atoms with Gasteiger partial charge in [-0.25, -0.2) is 0 Å². The lowest BCUT2D eigenvalue weighted by Gasteiger charge is -2.26. The Morgan fingerprint density at radius 1 is 0.516 bits per heavy atom. The summed E-state index contributed by atoms with van der Waals surface area (Å²) in [6, 6.07) is 12.1. The van der Waals surface area contributed by atoms with E-state index in [2.05, 4.69) is 21.9 Å². The fourth-order valence-electron chi connectivity index (χ4n) is 4.21. The minimum Gasteiger partial charge on any atom is -0.488 e. The van der Waals surface area contributed by atoms with Crippen LogP contribution in [-0.2, 0) is 9.47 Å². The Balaban J connectivity index is 1.48. The van der Waals surface area contributed by atoms with Crippen molar-refractivity contribution in [3.63, 3.8) is 0 Å². The molecule has 0 radical (unpaired) electrons. The average molecular weight is 427 g/mol. The SMILES string of the molecule is c1cc2c3oc4c(cccc4c3c1)OCCN1CCOCCN(CCOCC1)CCO2. The first-order valence-corrected chi connectivity index (χ1v) is 11.2. The summed E-state index contributed by atoms with van der Waals surface area (Å²) in [7, 11) is 0. The molecule has 3 aromatic rings. The minimum absolute atomic E-state index is 0.577. The number of furan rings is 1. The van der Waals surface area contributed by atoms with Gasteiger partial charge in [-0.2, -0.15) is 0 Å².